The zero-order valence-electron chi connectivity index (χ0n) is 45.7. The lowest BCUT2D eigenvalue weighted by molar-refractivity contribution is 0.668. The molecule has 2 heterocycles. The highest BCUT2D eigenvalue weighted by atomic mass is 16.3. The van der Waals surface area contributed by atoms with Crippen molar-refractivity contribution in [2.75, 3.05) is 9.80 Å². The van der Waals surface area contributed by atoms with E-state index in [0.717, 1.165) is 78.0 Å². The molecule has 0 unspecified atom stereocenters. The molecule has 84 heavy (non-hydrogen) atoms. The molecule has 0 bridgehead atoms. The summed E-state index contributed by atoms with van der Waals surface area (Å²) in [6.07, 6.45) is 0. The van der Waals surface area contributed by atoms with E-state index < -0.39 is 10.8 Å². The van der Waals surface area contributed by atoms with Gasteiger partial charge in [0.2, 0.25) is 0 Å². The van der Waals surface area contributed by atoms with E-state index in [1.807, 2.05) is 6.07 Å². The van der Waals surface area contributed by atoms with E-state index in [-0.39, 0.29) is 0 Å². The SMILES string of the molecule is c1ccc(C2(c3ccccc3)c3ccccc3-c3ccc(N(c4cccc(N(c5ccc6c(c5)oc5ccccc56)c5cccc6c5C(c5ccccc5)(c5ccccc5)c5ccccc5-6)c4)c4cccc5oc6ccccc6c45)cc32)cc1. The van der Waals surface area contributed by atoms with Crippen LogP contribution in [0.5, 0.6) is 0 Å². The maximum absolute atomic E-state index is 6.78. The van der Waals surface area contributed by atoms with Crippen molar-refractivity contribution >= 4 is 78.0 Å². The topological polar surface area (TPSA) is 32.8 Å². The number of nitrogens with zero attached hydrogens (tertiary/aromatic N) is 2. The van der Waals surface area contributed by atoms with Gasteiger partial charge in [0.15, 0.2) is 0 Å². The summed E-state index contributed by atoms with van der Waals surface area (Å²) in [6.45, 7) is 0. The molecule has 0 spiro atoms. The molecule has 2 aliphatic carbocycles. The summed E-state index contributed by atoms with van der Waals surface area (Å²) in [5, 5.41) is 4.26. The van der Waals surface area contributed by atoms with Gasteiger partial charge in [-0.3, -0.25) is 0 Å². The van der Waals surface area contributed by atoms with Crippen molar-refractivity contribution in [2.45, 2.75) is 10.8 Å². The highest BCUT2D eigenvalue weighted by Crippen LogP contribution is 2.61. The molecule has 17 rings (SSSR count). The molecule has 2 aliphatic rings. The standard InChI is InChI=1S/C80H52N2O2/c1-5-24-53(25-6-1)79(54-26-7-2-8-27-54)68-39-17-13-34-61(68)63-48-46-59(51-70(63)79)81(71-41-23-45-75-77(71)67-37-16-20-44-74(67)83-75)57-32-21-33-58(50-57)82(60-47-49-65-64-36-15-19-43-73(64)84-76(65)52-60)72-42-22-38-66-62-35-14-18-40-69(62)80(78(66)72,55-28-9-3-10-29-55)56-30-11-4-12-31-56/h1-52H. The van der Waals surface area contributed by atoms with Crippen LogP contribution in [0.2, 0.25) is 0 Å². The van der Waals surface area contributed by atoms with E-state index in [1.54, 1.807) is 0 Å². The van der Waals surface area contributed by atoms with Gasteiger partial charge < -0.3 is 18.6 Å². The third kappa shape index (κ3) is 6.89. The van der Waals surface area contributed by atoms with E-state index >= 15 is 0 Å². The van der Waals surface area contributed by atoms with Gasteiger partial charge in [0, 0.05) is 50.5 Å². The molecule has 2 aromatic heterocycles. The minimum atomic E-state index is -0.694. The van der Waals surface area contributed by atoms with Gasteiger partial charge in [-0.05, 0) is 134 Å². The van der Waals surface area contributed by atoms with E-state index in [4.69, 9.17) is 8.83 Å². The van der Waals surface area contributed by atoms with Crippen LogP contribution >= 0.6 is 0 Å². The number of benzene rings is 13. The molecule has 0 atom stereocenters. The second kappa shape index (κ2) is 18.8. The Morgan fingerprint density at radius 1 is 0.238 bits per heavy atom. The lowest BCUT2D eigenvalue weighted by atomic mass is 9.67. The summed E-state index contributed by atoms with van der Waals surface area (Å²) < 4.78 is 13.5. The number of hydrogen-bond donors (Lipinski definition) is 0. The predicted octanol–water partition coefficient (Wildman–Crippen LogP) is 21.2. The van der Waals surface area contributed by atoms with Crippen LogP contribution in [0.3, 0.4) is 0 Å². The van der Waals surface area contributed by atoms with Gasteiger partial charge in [0.05, 0.1) is 27.6 Å². The summed E-state index contributed by atoms with van der Waals surface area (Å²) in [5.74, 6) is 0. The number of hydrogen-bond acceptors (Lipinski definition) is 4. The van der Waals surface area contributed by atoms with Crippen LogP contribution in [0.25, 0.3) is 66.1 Å². The molecule has 0 fully saturated rings. The van der Waals surface area contributed by atoms with Crippen molar-refractivity contribution in [3.05, 3.63) is 360 Å². The quantitative estimate of drug-likeness (QED) is 0.137. The molecule has 4 nitrogen and oxygen atoms in total. The van der Waals surface area contributed by atoms with Crippen molar-refractivity contribution in [3.8, 4) is 22.3 Å². The van der Waals surface area contributed by atoms with Gasteiger partial charge in [-0.15, -0.1) is 0 Å². The Kier molecular flexibility index (Phi) is 10.7. The molecule has 0 radical (unpaired) electrons. The highest BCUT2D eigenvalue weighted by Gasteiger charge is 2.49. The number of fused-ring (bicyclic) bond motifs is 12. The first-order chi connectivity index (χ1) is 41.7. The van der Waals surface area contributed by atoms with E-state index in [9.17, 15) is 0 Å². The normalized spacial score (nSPS) is 13.4. The van der Waals surface area contributed by atoms with E-state index in [0.29, 0.717) is 0 Å². The van der Waals surface area contributed by atoms with Crippen LogP contribution < -0.4 is 9.80 Å². The molecule has 394 valence electrons. The highest BCUT2D eigenvalue weighted by molar-refractivity contribution is 6.14. The molecule has 13 aromatic carbocycles. The zero-order valence-corrected chi connectivity index (χ0v) is 45.7. The Balaban J connectivity index is 0.952. The van der Waals surface area contributed by atoms with Gasteiger partial charge in [0.25, 0.3) is 0 Å². The van der Waals surface area contributed by atoms with Crippen LogP contribution in [0.1, 0.15) is 44.5 Å². The predicted molar refractivity (Wildman–Crippen MR) is 345 cm³/mol. The molecule has 15 aromatic rings. The molecule has 0 amide bonds. The van der Waals surface area contributed by atoms with Crippen LogP contribution in [-0.2, 0) is 10.8 Å². The number of furan rings is 2. The average molecular weight is 1070 g/mol. The number of para-hydroxylation sites is 2. The second-order valence-corrected chi connectivity index (χ2v) is 22.2. The fraction of sp³-hybridized carbons (Fsp3) is 0.0250. The average Bonchev–Trinajstić information content (AvgIpc) is 1.99. The first-order valence-corrected chi connectivity index (χ1v) is 28.9. The Morgan fingerprint density at radius 3 is 1.32 bits per heavy atom. The Labute approximate surface area is 487 Å². The van der Waals surface area contributed by atoms with Gasteiger partial charge in [-0.25, -0.2) is 0 Å². The first-order valence-electron chi connectivity index (χ1n) is 28.9. The molecule has 4 heteroatoms. The Bertz CT molecular complexity index is 4960. The summed E-state index contributed by atoms with van der Waals surface area (Å²) in [5.41, 5.74) is 22.7. The van der Waals surface area contributed by atoms with Crippen LogP contribution in [0, 0.1) is 0 Å². The lowest BCUT2D eigenvalue weighted by Gasteiger charge is -2.38. The molecule has 0 saturated carbocycles. The van der Waals surface area contributed by atoms with Crippen LogP contribution in [0.15, 0.2) is 324 Å². The fourth-order valence-electron chi connectivity index (χ4n) is 14.7. The van der Waals surface area contributed by atoms with Crippen molar-refractivity contribution in [1.29, 1.82) is 0 Å². The zero-order chi connectivity index (χ0) is 55.3. The third-order valence-corrected chi connectivity index (χ3v) is 18.0. The third-order valence-electron chi connectivity index (χ3n) is 18.0. The van der Waals surface area contributed by atoms with Gasteiger partial charge in [-0.1, -0.05) is 237 Å². The summed E-state index contributed by atoms with van der Waals surface area (Å²) in [7, 11) is 0. The van der Waals surface area contributed by atoms with E-state index in [1.165, 1.54) is 66.8 Å². The van der Waals surface area contributed by atoms with Crippen molar-refractivity contribution in [3.63, 3.8) is 0 Å². The molecule has 0 aliphatic heterocycles. The lowest BCUT2D eigenvalue weighted by Crippen LogP contribution is -2.30. The monoisotopic (exact) mass is 1070 g/mol. The summed E-state index contributed by atoms with van der Waals surface area (Å²) >= 11 is 0. The van der Waals surface area contributed by atoms with Gasteiger partial charge >= 0.3 is 0 Å². The minimum absolute atomic E-state index is 0.617. The maximum atomic E-state index is 6.78. The van der Waals surface area contributed by atoms with Gasteiger partial charge in [0.1, 0.15) is 22.3 Å². The summed E-state index contributed by atoms with van der Waals surface area (Å²) in [4.78, 5) is 4.94. The van der Waals surface area contributed by atoms with Crippen LogP contribution in [-0.4, -0.2) is 0 Å². The smallest absolute Gasteiger partial charge is 0.137 e. The second-order valence-electron chi connectivity index (χ2n) is 22.2. The van der Waals surface area contributed by atoms with Crippen molar-refractivity contribution < 1.29 is 8.83 Å². The van der Waals surface area contributed by atoms with Crippen LogP contribution in [0.4, 0.5) is 34.1 Å². The molecular weight excluding hydrogens is 1020 g/mol. The van der Waals surface area contributed by atoms with E-state index in [2.05, 4.69) is 319 Å². The minimum Gasteiger partial charge on any atom is -0.456 e. The molecule has 0 N–H and O–H groups in total. The van der Waals surface area contributed by atoms with Crippen molar-refractivity contribution in [1.82, 2.24) is 0 Å². The number of anilines is 6. The molecular formula is C80H52N2O2. The fourth-order valence-corrected chi connectivity index (χ4v) is 14.7. The van der Waals surface area contributed by atoms with Gasteiger partial charge in [-0.2, -0.15) is 0 Å². The largest absolute Gasteiger partial charge is 0.456 e. The Morgan fingerprint density at radius 2 is 0.655 bits per heavy atom. The Hall–Kier alpha value is -10.9. The molecule has 0 saturated heterocycles. The first kappa shape index (κ1) is 47.8. The maximum Gasteiger partial charge on any atom is 0.137 e. The summed E-state index contributed by atoms with van der Waals surface area (Å²) in [6, 6.07) is 115. The van der Waals surface area contributed by atoms with Crippen molar-refractivity contribution in [2.24, 2.45) is 0 Å². The number of rotatable bonds is 10.